The summed E-state index contributed by atoms with van der Waals surface area (Å²) in [5, 5.41) is 0. The molecule has 0 aliphatic rings. The summed E-state index contributed by atoms with van der Waals surface area (Å²) in [5.41, 5.74) is -0.648. The number of rotatable bonds is 2. The Morgan fingerprint density at radius 3 is 2.70 bits per heavy atom. The van der Waals surface area contributed by atoms with Crippen molar-refractivity contribution in [1.29, 1.82) is 0 Å². The summed E-state index contributed by atoms with van der Waals surface area (Å²) in [7, 11) is -2.71. The first-order chi connectivity index (χ1) is 4.75. The molecule has 0 amide bonds. The predicted molar refractivity (Wildman–Crippen MR) is 31.7 cm³/mol. The molecule has 10 heavy (non-hydrogen) atoms. The lowest BCUT2D eigenvalue weighted by molar-refractivity contribution is 0.112. The van der Waals surface area contributed by atoms with Crippen LogP contribution < -0.4 is 5.66 Å². The molecule has 0 aliphatic carbocycles. The van der Waals surface area contributed by atoms with Crippen LogP contribution in [-0.2, 0) is 0 Å². The monoisotopic (exact) mass is 144 g/mol. The molecule has 0 N–H and O–H groups in total. The van der Waals surface area contributed by atoms with Gasteiger partial charge in [0, 0.05) is 0 Å². The molecule has 1 rings (SSSR count). The Morgan fingerprint density at radius 2 is 2.30 bits per heavy atom. The third-order valence-electron chi connectivity index (χ3n) is 1.05. The van der Waals surface area contributed by atoms with Crippen LogP contribution in [0.15, 0.2) is 16.7 Å². The maximum Gasteiger partial charge on any atom is 0.609 e. The van der Waals surface area contributed by atoms with Crippen molar-refractivity contribution in [1.82, 2.24) is 0 Å². The molecule has 0 unspecified atom stereocenters. The number of carbonyl (C=O) groups is 1. The number of furan rings is 1. The molecule has 0 radical (unpaired) electrons. The highest BCUT2D eigenvalue weighted by Gasteiger charge is 2.23. The van der Waals surface area contributed by atoms with E-state index in [-0.39, 0.29) is 5.56 Å². The normalized spacial score (nSPS) is 9.40. The van der Waals surface area contributed by atoms with Crippen LogP contribution in [0.2, 0.25) is 0 Å². The zero-order valence-electron chi connectivity index (χ0n) is 4.88. The van der Waals surface area contributed by atoms with Gasteiger partial charge in [-0.05, 0) is 6.07 Å². The Kier molecular flexibility index (Phi) is 1.84. The molecule has 0 atom stereocenters. The van der Waals surface area contributed by atoms with E-state index in [1.54, 1.807) is 0 Å². The summed E-state index contributed by atoms with van der Waals surface area (Å²) in [5.74, 6) is 0. The van der Waals surface area contributed by atoms with Crippen molar-refractivity contribution in [2.24, 2.45) is 0 Å². The van der Waals surface area contributed by atoms with Gasteiger partial charge in [0.2, 0.25) is 0 Å². The van der Waals surface area contributed by atoms with Gasteiger partial charge in [-0.25, -0.2) is 0 Å². The number of halogens is 2. The number of carbonyl (C=O) groups excluding carboxylic acids is 1. The second kappa shape index (κ2) is 2.64. The molecule has 0 aliphatic heterocycles. The lowest BCUT2D eigenvalue weighted by Crippen LogP contribution is -2.21. The van der Waals surface area contributed by atoms with E-state index in [2.05, 4.69) is 4.42 Å². The minimum Gasteiger partial charge on any atom is -0.472 e. The molecule has 1 aromatic rings. The Labute approximate surface area is 56.0 Å². The van der Waals surface area contributed by atoms with E-state index < -0.39 is 12.9 Å². The van der Waals surface area contributed by atoms with Gasteiger partial charge in [0.05, 0.1) is 11.8 Å². The summed E-state index contributed by atoms with van der Waals surface area (Å²) in [4.78, 5) is 10.00. The lowest BCUT2D eigenvalue weighted by Gasteiger charge is -1.86. The predicted octanol–water partition coefficient (Wildman–Crippen LogP) is 0.726. The maximum atomic E-state index is 11.8. The van der Waals surface area contributed by atoms with Crippen molar-refractivity contribution >= 4 is 19.2 Å². The van der Waals surface area contributed by atoms with Crippen molar-refractivity contribution in [3.05, 3.63) is 17.9 Å². The van der Waals surface area contributed by atoms with Gasteiger partial charge >= 0.3 is 7.27 Å². The van der Waals surface area contributed by atoms with E-state index in [1.807, 2.05) is 0 Å². The molecule has 0 saturated heterocycles. The molecule has 0 aromatic carbocycles. The van der Waals surface area contributed by atoms with Gasteiger partial charge in [0.1, 0.15) is 0 Å². The molecule has 0 spiro atoms. The first kappa shape index (κ1) is 6.99. The second-order valence-corrected chi connectivity index (χ2v) is 1.66. The van der Waals surface area contributed by atoms with E-state index in [9.17, 15) is 13.4 Å². The van der Waals surface area contributed by atoms with Crippen molar-refractivity contribution in [2.75, 3.05) is 0 Å². The van der Waals surface area contributed by atoms with Crippen LogP contribution in [0.5, 0.6) is 0 Å². The SMILES string of the molecule is O=Cc1ccoc1B(F)F. The molecular formula is C5H3BF2O2. The van der Waals surface area contributed by atoms with E-state index in [0.717, 1.165) is 6.26 Å². The van der Waals surface area contributed by atoms with E-state index in [0.29, 0.717) is 6.29 Å². The topological polar surface area (TPSA) is 30.2 Å². The number of aldehydes is 1. The minimum absolute atomic E-state index is 0.0880. The average Bonchev–Trinajstić information content (AvgIpc) is 2.33. The third-order valence-corrected chi connectivity index (χ3v) is 1.05. The lowest BCUT2D eigenvalue weighted by atomic mass is 9.91. The van der Waals surface area contributed by atoms with Gasteiger partial charge in [0.25, 0.3) is 0 Å². The van der Waals surface area contributed by atoms with Crippen LogP contribution in [0.25, 0.3) is 0 Å². The van der Waals surface area contributed by atoms with Crippen LogP contribution in [0, 0.1) is 0 Å². The largest absolute Gasteiger partial charge is 0.609 e. The average molecular weight is 144 g/mol. The highest BCUT2D eigenvalue weighted by Crippen LogP contribution is 1.97. The molecule has 0 fully saturated rings. The molecule has 1 heterocycles. The van der Waals surface area contributed by atoms with E-state index in [1.165, 1.54) is 6.07 Å². The molecule has 2 nitrogen and oxygen atoms in total. The van der Waals surface area contributed by atoms with Crippen LogP contribution in [0.4, 0.5) is 8.63 Å². The Bertz CT molecular complexity index is 233. The molecule has 1 aromatic heterocycles. The Morgan fingerprint density at radius 1 is 1.60 bits per heavy atom. The Hall–Kier alpha value is -1.13. The summed E-state index contributed by atoms with van der Waals surface area (Å²) >= 11 is 0. The van der Waals surface area contributed by atoms with Gasteiger partial charge in [-0.3, -0.25) is 13.4 Å². The first-order valence-electron chi connectivity index (χ1n) is 2.56. The summed E-state index contributed by atoms with van der Waals surface area (Å²) in [6, 6.07) is 1.20. The van der Waals surface area contributed by atoms with Crippen LogP contribution >= 0.6 is 0 Å². The zero-order chi connectivity index (χ0) is 7.56. The minimum atomic E-state index is -2.71. The molecule has 5 heteroatoms. The molecule has 0 saturated carbocycles. The van der Waals surface area contributed by atoms with Crippen LogP contribution in [0.3, 0.4) is 0 Å². The number of hydrogen-bond donors (Lipinski definition) is 0. The van der Waals surface area contributed by atoms with Crippen molar-refractivity contribution in [3.8, 4) is 0 Å². The molecule has 52 valence electrons. The van der Waals surface area contributed by atoms with Crippen molar-refractivity contribution < 1.29 is 17.8 Å². The van der Waals surface area contributed by atoms with Gasteiger partial charge < -0.3 is 4.42 Å². The van der Waals surface area contributed by atoms with Gasteiger partial charge in [-0.1, -0.05) is 0 Å². The maximum absolute atomic E-state index is 11.8. The standard InChI is InChI=1S/C5H3BF2O2/c7-6(8)5-4(3-9)1-2-10-5/h1-3H. The van der Waals surface area contributed by atoms with Gasteiger partial charge in [0.15, 0.2) is 11.9 Å². The first-order valence-corrected chi connectivity index (χ1v) is 2.56. The fraction of sp³-hybridized carbons (Fsp3) is 0. The molecule has 0 bridgehead atoms. The quantitative estimate of drug-likeness (QED) is 0.452. The van der Waals surface area contributed by atoms with Gasteiger partial charge in [-0.2, -0.15) is 0 Å². The fourth-order valence-electron chi connectivity index (χ4n) is 0.606. The second-order valence-electron chi connectivity index (χ2n) is 1.66. The highest BCUT2D eigenvalue weighted by atomic mass is 19.2. The van der Waals surface area contributed by atoms with Crippen molar-refractivity contribution in [3.63, 3.8) is 0 Å². The van der Waals surface area contributed by atoms with Gasteiger partial charge in [-0.15, -0.1) is 0 Å². The molecular weight excluding hydrogens is 141 g/mol. The van der Waals surface area contributed by atoms with E-state index in [4.69, 9.17) is 0 Å². The van der Waals surface area contributed by atoms with Crippen molar-refractivity contribution in [2.45, 2.75) is 0 Å². The zero-order valence-corrected chi connectivity index (χ0v) is 4.88. The summed E-state index contributed by atoms with van der Waals surface area (Å²) in [6.07, 6.45) is 1.40. The smallest absolute Gasteiger partial charge is 0.472 e. The fourth-order valence-corrected chi connectivity index (χ4v) is 0.606. The Balaban J connectivity index is 3.01. The van der Waals surface area contributed by atoms with Crippen LogP contribution in [-0.4, -0.2) is 13.6 Å². The summed E-state index contributed by atoms with van der Waals surface area (Å²) < 4.78 is 27.9. The highest BCUT2D eigenvalue weighted by molar-refractivity contribution is 6.59. The summed E-state index contributed by atoms with van der Waals surface area (Å²) in [6.45, 7) is 0. The number of hydrogen-bond acceptors (Lipinski definition) is 2. The van der Waals surface area contributed by atoms with E-state index >= 15 is 0 Å². The van der Waals surface area contributed by atoms with Crippen LogP contribution in [0.1, 0.15) is 10.4 Å². The third kappa shape index (κ3) is 1.07.